The number of thiazole rings is 1. The average molecular weight is 341 g/mol. The number of carbonyl (C=O) groups is 2. The highest BCUT2D eigenvalue weighted by Gasteiger charge is 2.10. The molecule has 0 saturated heterocycles. The van der Waals surface area contributed by atoms with Gasteiger partial charge in [0.05, 0.1) is 12.1 Å². The minimum absolute atomic E-state index is 0.170. The van der Waals surface area contributed by atoms with Crippen LogP contribution < -0.4 is 10.1 Å². The lowest BCUT2D eigenvalue weighted by Crippen LogP contribution is -2.20. The van der Waals surface area contributed by atoms with Crippen molar-refractivity contribution in [3.05, 3.63) is 39.9 Å². The monoisotopic (exact) mass is 340 g/mol. The molecule has 2 N–H and O–H groups in total. The summed E-state index contributed by atoms with van der Waals surface area (Å²) >= 11 is 7.01. The number of carboxylic acid groups (broad SMARTS) is 1. The van der Waals surface area contributed by atoms with E-state index in [0.717, 1.165) is 5.56 Å². The molecule has 0 aliphatic carbocycles. The number of benzene rings is 1. The minimum Gasteiger partial charge on any atom is -0.483 e. The Kier molecular flexibility index (Phi) is 5.35. The van der Waals surface area contributed by atoms with Gasteiger partial charge in [-0.05, 0) is 30.7 Å². The Morgan fingerprint density at radius 2 is 2.23 bits per heavy atom. The number of nitrogens with zero attached hydrogens (tertiary/aromatic N) is 1. The maximum Gasteiger partial charge on any atom is 0.309 e. The molecule has 116 valence electrons. The third kappa shape index (κ3) is 4.71. The Bertz CT molecular complexity index is 702. The van der Waals surface area contributed by atoms with Crippen LogP contribution in [0, 0.1) is 6.92 Å². The highest BCUT2D eigenvalue weighted by Crippen LogP contribution is 2.22. The molecule has 0 aliphatic heterocycles. The summed E-state index contributed by atoms with van der Waals surface area (Å²) in [5, 5.41) is 13.8. The third-order valence-electron chi connectivity index (χ3n) is 2.63. The van der Waals surface area contributed by atoms with Crippen LogP contribution in [0.25, 0.3) is 0 Å². The van der Waals surface area contributed by atoms with Crippen molar-refractivity contribution in [1.82, 2.24) is 4.98 Å². The number of ether oxygens (including phenoxy) is 1. The number of aromatic nitrogens is 1. The fourth-order valence-electron chi connectivity index (χ4n) is 1.67. The van der Waals surface area contributed by atoms with Crippen molar-refractivity contribution in [1.29, 1.82) is 0 Å². The molecule has 0 radical (unpaired) electrons. The number of hydrogen-bond acceptors (Lipinski definition) is 5. The van der Waals surface area contributed by atoms with Gasteiger partial charge in [-0.1, -0.05) is 11.6 Å². The number of anilines is 1. The van der Waals surface area contributed by atoms with Crippen LogP contribution in [-0.4, -0.2) is 28.6 Å². The number of amides is 1. The summed E-state index contributed by atoms with van der Waals surface area (Å²) < 4.78 is 5.41. The first-order valence-electron chi connectivity index (χ1n) is 6.29. The number of carbonyl (C=O) groups excluding carboxylic acids is 1. The lowest BCUT2D eigenvalue weighted by molar-refractivity contribution is -0.136. The van der Waals surface area contributed by atoms with Gasteiger partial charge in [0.1, 0.15) is 5.75 Å². The van der Waals surface area contributed by atoms with Crippen molar-refractivity contribution in [3.8, 4) is 5.75 Å². The summed E-state index contributed by atoms with van der Waals surface area (Å²) in [6.07, 6.45) is -0.174. The summed E-state index contributed by atoms with van der Waals surface area (Å²) in [6.45, 7) is 1.66. The first-order chi connectivity index (χ1) is 10.4. The molecule has 1 heterocycles. The Labute approximate surface area is 135 Å². The predicted octanol–water partition coefficient (Wildman–Crippen LogP) is 2.75. The molecule has 6 nitrogen and oxygen atoms in total. The van der Waals surface area contributed by atoms with Gasteiger partial charge in [0.25, 0.3) is 5.91 Å². The van der Waals surface area contributed by atoms with E-state index < -0.39 is 5.97 Å². The summed E-state index contributed by atoms with van der Waals surface area (Å²) in [5.41, 5.74) is 1.24. The Hall–Kier alpha value is -2.12. The molecule has 1 aromatic heterocycles. The van der Waals surface area contributed by atoms with Crippen LogP contribution >= 0.6 is 22.9 Å². The summed E-state index contributed by atoms with van der Waals surface area (Å²) in [5.74, 6) is -0.763. The van der Waals surface area contributed by atoms with E-state index in [1.807, 2.05) is 6.92 Å². The van der Waals surface area contributed by atoms with Gasteiger partial charge in [-0.25, -0.2) is 4.98 Å². The molecule has 2 rings (SSSR count). The second-order valence-electron chi connectivity index (χ2n) is 4.46. The largest absolute Gasteiger partial charge is 0.483 e. The van der Waals surface area contributed by atoms with Gasteiger partial charge < -0.3 is 9.84 Å². The number of aliphatic carboxylic acids is 1. The van der Waals surface area contributed by atoms with Crippen LogP contribution in [0.15, 0.2) is 23.6 Å². The molecule has 22 heavy (non-hydrogen) atoms. The number of hydrogen-bond donors (Lipinski definition) is 2. The zero-order valence-electron chi connectivity index (χ0n) is 11.6. The fraction of sp³-hybridized carbons (Fsp3) is 0.214. The van der Waals surface area contributed by atoms with E-state index in [9.17, 15) is 9.59 Å². The minimum atomic E-state index is -0.968. The van der Waals surface area contributed by atoms with E-state index in [-0.39, 0.29) is 18.9 Å². The van der Waals surface area contributed by atoms with Gasteiger partial charge in [0, 0.05) is 10.4 Å². The first kappa shape index (κ1) is 16.3. The maximum absolute atomic E-state index is 11.8. The molecule has 0 aliphatic rings. The van der Waals surface area contributed by atoms with Crippen LogP contribution in [0.1, 0.15) is 11.3 Å². The molecule has 0 atom stereocenters. The Morgan fingerprint density at radius 3 is 2.91 bits per heavy atom. The summed E-state index contributed by atoms with van der Waals surface area (Å²) in [4.78, 5) is 26.4. The van der Waals surface area contributed by atoms with E-state index in [1.165, 1.54) is 11.3 Å². The highest BCUT2D eigenvalue weighted by molar-refractivity contribution is 7.13. The molecule has 1 amide bonds. The van der Waals surface area contributed by atoms with E-state index in [0.29, 0.717) is 21.6 Å². The van der Waals surface area contributed by atoms with Crippen LogP contribution in [0.3, 0.4) is 0 Å². The van der Waals surface area contributed by atoms with Gasteiger partial charge in [0.15, 0.2) is 11.7 Å². The van der Waals surface area contributed by atoms with Crippen molar-refractivity contribution in [2.75, 3.05) is 11.9 Å². The van der Waals surface area contributed by atoms with Gasteiger partial charge in [-0.3, -0.25) is 14.9 Å². The molecule has 0 spiro atoms. The SMILES string of the molecule is Cc1cc(Cl)ccc1OCC(=O)Nc1nc(CC(=O)O)cs1. The zero-order chi connectivity index (χ0) is 16.1. The van der Waals surface area contributed by atoms with E-state index in [2.05, 4.69) is 10.3 Å². The lowest BCUT2D eigenvalue weighted by atomic mass is 10.2. The topological polar surface area (TPSA) is 88.5 Å². The van der Waals surface area contributed by atoms with Crippen LogP contribution in [0.4, 0.5) is 5.13 Å². The van der Waals surface area contributed by atoms with E-state index in [1.54, 1.807) is 23.6 Å². The quantitative estimate of drug-likeness (QED) is 0.844. The molecule has 0 saturated carbocycles. The molecule has 0 bridgehead atoms. The van der Waals surface area contributed by atoms with Gasteiger partial charge >= 0.3 is 5.97 Å². The molecule has 0 unspecified atom stereocenters. The molecular formula is C14H13ClN2O4S. The second kappa shape index (κ2) is 7.24. The number of nitrogens with one attached hydrogen (secondary N) is 1. The first-order valence-corrected chi connectivity index (χ1v) is 7.55. The van der Waals surface area contributed by atoms with Crippen LogP contribution in [-0.2, 0) is 16.0 Å². The van der Waals surface area contributed by atoms with Crippen molar-refractivity contribution in [2.24, 2.45) is 0 Å². The van der Waals surface area contributed by atoms with Crippen LogP contribution in [0.2, 0.25) is 5.02 Å². The predicted molar refractivity (Wildman–Crippen MR) is 83.8 cm³/mol. The second-order valence-corrected chi connectivity index (χ2v) is 5.76. The number of aryl methyl sites for hydroxylation is 1. The summed E-state index contributed by atoms with van der Waals surface area (Å²) in [7, 11) is 0. The molecule has 1 aromatic carbocycles. The molecule has 2 aromatic rings. The molecule has 8 heteroatoms. The van der Waals surface area contributed by atoms with Crippen molar-refractivity contribution >= 4 is 39.9 Å². The standard InChI is InChI=1S/C14H13ClN2O4S/c1-8-4-9(15)2-3-11(8)21-6-12(18)17-14-16-10(7-22-14)5-13(19)20/h2-4,7H,5-6H2,1H3,(H,19,20)(H,16,17,18). The van der Waals surface area contributed by atoms with Crippen LogP contribution in [0.5, 0.6) is 5.75 Å². The number of carboxylic acids is 1. The van der Waals surface area contributed by atoms with Gasteiger partial charge in [0.2, 0.25) is 0 Å². The van der Waals surface area contributed by atoms with Crippen molar-refractivity contribution in [2.45, 2.75) is 13.3 Å². The van der Waals surface area contributed by atoms with E-state index >= 15 is 0 Å². The summed E-state index contributed by atoms with van der Waals surface area (Å²) in [6, 6.07) is 5.12. The van der Waals surface area contributed by atoms with Crippen molar-refractivity contribution in [3.63, 3.8) is 0 Å². The smallest absolute Gasteiger partial charge is 0.309 e. The van der Waals surface area contributed by atoms with Gasteiger partial charge in [-0.15, -0.1) is 11.3 Å². The third-order valence-corrected chi connectivity index (χ3v) is 3.67. The molecule has 0 fully saturated rings. The van der Waals surface area contributed by atoms with E-state index in [4.69, 9.17) is 21.4 Å². The molecular weight excluding hydrogens is 328 g/mol. The zero-order valence-corrected chi connectivity index (χ0v) is 13.2. The average Bonchev–Trinajstić information content (AvgIpc) is 2.84. The Morgan fingerprint density at radius 1 is 1.45 bits per heavy atom. The fourth-order valence-corrected chi connectivity index (χ4v) is 2.63. The highest BCUT2D eigenvalue weighted by atomic mass is 35.5. The van der Waals surface area contributed by atoms with Gasteiger partial charge in [-0.2, -0.15) is 0 Å². The maximum atomic E-state index is 11.8. The Balaban J connectivity index is 1.87. The number of halogens is 1. The number of rotatable bonds is 6. The lowest BCUT2D eigenvalue weighted by Gasteiger charge is -2.08. The van der Waals surface area contributed by atoms with Crippen molar-refractivity contribution < 1.29 is 19.4 Å². The normalized spacial score (nSPS) is 10.3.